The molecule has 1 aromatic heterocycles. The summed E-state index contributed by atoms with van der Waals surface area (Å²) in [5, 5.41) is 21.3. The van der Waals surface area contributed by atoms with E-state index < -0.39 is 23.7 Å². The van der Waals surface area contributed by atoms with Gasteiger partial charge in [-0.2, -0.15) is 0 Å². The van der Waals surface area contributed by atoms with E-state index in [9.17, 15) is 24.6 Å². The van der Waals surface area contributed by atoms with Crippen LogP contribution < -0.4 is 9.64 Å². The highest BCUT2D eigenvalue weighted by Crippen LogP contribution is 2.44. The Balaban J connectivity index is 1.53. The maximum Gasteiger partial charge on any atom is 0.350 e. The second-order valence-corrected chi connectivity index (χ2v) is 10.2. The predicted molar refractivity (Wildman–Crippen MR) is 153 cm³/mol. The van der Waals surface area contributed by atoms with Crippen LogP contribution in [0.5, 0.6) is 11.5 Å². The molecule has 1 fully saturated rings. The SMILES string of the molecule is CCOC(=O)c1sc(N2C(=O)C(=O)/C(=C(/O)c3ccc(OCc4ccccc4)cc3)C2c2ccc(O)cc2)nc1C. The number of benzene rings is 3. The van der Waals surface area contributed by atoms with Crippen LogP contribution in [-0.2, 0) is 20.9 Å². The molecule has 5 rings (SSSR count). The molecular weight excluding hydrogens is 544 g/mol. The fourth-order valence-corrected chi connectivity index (χ4v) is 5.47. The van der Waals surface area contributed by atoms with Crippen molar-refractivity contribution in [3.63, 3.8) is 0 Å². The number of phenolic OH excluding ortho intramolecular Hbond substituents is 1. The van der Waals surface area contributed by atoms with E-state index in [1.807, 2.05) is 30.3 Å². The maximum atomic E-state index is 13.4. The van der Waals surface area contributed by atoms with Gasteiger partial charge < -0.3 is 19.7 Å². The van der Waals surface area contributed by atoms with Crippen molar-refractivity contribution >= 4 is 39.9 Å². The number of esters is 1. The topological polar surface area (TPSA) is 126 Å². The summed E-state index contributed by atoms with van der Waals surface area (Å²) >= 11 is 0.924. The van der Waals surface area contributed by atoms with Crippen LogP contribution in [-0.4, -0.2) is 39.5 Å². The van der Waals surface area contributed by atoms with E-state index >= 15 is 0 Å². The minimum atomic E-state index is -1.06. The van der Waals surface area contributed by atoms with E-state index in [4.69, 9.17) is 9.47 Å². The van der Waals surface area contributed by atoms with Gasteiger partial charge in [-0.25, -0.2) is 9.78 Å². The lowest BCUT2D eigenvalue weighted by Gasteiger charge is -2.23. The van der Waals surface area contributed by atoms with Gasteiger partial charge in [0.15, 0.2) is 5.13 Å². The number of phenols is 1. The van der Waals surface area contributed by atoms with Crippen LogP contribution in [0.2, 0.25) is 0 Å². The van der Waals surface area contributed by atoms with E-state index in [1.54, 1.807) is 50.2 Å². The number of nitrogens with zero attached hydrogens (tertiary/aromatic N) is 2. The molecule has 41 heavy (non-hydrogen) atoms. The third-order valence-electron chi connectivity index (χ3n) is 6.48. The molecule has 1 aliphatic rings. The number of aliphatic hydroxyl groups excluding tert-OH is 1. The summed E-state index contributed by atoms with van der Waals surface area (Å²) in [4.78, 5) is 45.0. The summed E-state index contributed by atoms with van der Waals surface area (Å²) in [5.41, 5.74) is 1.96. The lowest BCUT2D eigenvalue weighted by molar-refractivity contribution is -0.132. The van der Waals surface area contributed by atoms with Crippen molar-refractivity contribution in [1.82, 2.24) is 4.98 Å². The van der Waals surface area contributed by atoms with E-state index in [-0.39, 0.29) is 33.7 Å². The first-order valence-electron chi connectivity index (χ1n) is 12.8. The number of hydrogen-bond acceptors (Lipinski definition) is 9. The Labute approximate surface area is 239 Å². The van der Waals surface area contributed by atoms with Crippen LogP contribution in [0.15, 0.2) is 84.4 Å². The van der Waals surface area contributed by atoms with Crippen LogP contribution in [0.1, 0.15) is 45.0 Å². The molecule has 0 spiro atoms. The molecule has 1 amide bonds. The Morgan fingerprint density at radius 2 is 1.68 bits per heavy atom. The van der Waals surface area contributed by atoms with E-state index in [1.165, 1.54) is 12.1 Å². The lowest BCUT2D eigenvalue weighted by Crippen LogP contribution is -2.29. The molecule has 4 aromatic rings. The van der Waals surface area contributed by atoms with Crippen molar-refractivity contribution in [3.8, 4) is 11.5 Å². The minimum Gasteiger partial charge on any atom is -0.508 e. The molecule has 0 aliphatic carbocycles. The highest BCUT2D eigenvalue weighted by Gasteiger charge is 2.48. The monoisotopic (exact) mass is 570 g/mol. The third kappa shape index (κ3) is 5.55. The molecule has 10 heteroatoms. The van der Waals surface area contributed by atoms with Gasteiger partial charge in [0, 0.05) is 5.56 Å². The Bertz CT molecular complexity index is 1630. The number of carbonyl (C=O) groups excluding carboxylic acids is 3. The highest BCUT2D eigenvalue weighted by atomic mass is 32.1. The fraction of sp³-hybridized carbons (Fsp3) is 0.161. The van der Waals surface area contributed by atoms with Crippen molar-refractivity contribution in [3.05, 3.63) is 112 Å². The second-order valence-electron chi connectivity index (χ2n) is 9.19. The maximum absolute atomic E-state index is 13.4. The van der Waals surface area contributed by atoms with E-state index in [2.05, 4.69) is 4.98 Å². The van der Waals surface area contributed by atoms with Crippen molar-refractivity contribution in [2.24, 2.45) is 0 Å². The quantitative estimate of drug-likeness (QED) is 0.122. The van der Waals surface area contributed by atoms with Crippen molar-refractivity contribution in [2.75, 3.05) is 11.5 Å². The molecule has 2 heterocycles. The molecule has 0 saturated carbocycles. The van der Waals surface area contributed by atoms with Gasteiger partial charge in [0.1, 0.15) is 28.7 Å². The zero-order valence-electron chi connectivity index (χ0n) is 22.2. The van der Waals surface area contributed by atoms with Gasteiger partial charge in [0.2, 0.25) is 0 Å². The smallest absolute Gasteiger partial charge is 0.350 e. The van der Waals surface area contributed by atoms with Gasteiger partial charge in [-0.1, -0.05) is 53.8 Å². The number of amides is 1. The summed E-state index contributed by atoms with van der Waals surface area (Å²) in [6.45, 7) is 3.82. The summed E-state index contributed by atoms with van der Waals surface area (Å²) in [6.07, 6.45) is 0. The standard InChI is InChI=1S/C31H26N2O7S/c1-3-39-30(38)28-18(2)32-31(41-28)33-25(20-9-13-22(34)14-10-20)24(27(36)29(33)37)26(35)21-11-15-23(16-12-21)40-17-19-7-5-4-6-8-19/h4-16,25,34-35H,3,17H2,1-2H3/b26-24+. The number of Topliss-reactive ketones (excluding diaryl/α,β-unsaturated/α-hetero) is 1. The lowest BCUT2D eigenvalue weighted by atomic mass is 9.95. The Morgan fingerprint density at radius 1 is 1.00 bits per heavy atom. The number of hydrogen-bond donors (Lipinski definition) is 2. The van der Waals surface area contributed by atoms with E-state index in [0.29, 0.717) is 29.2 Å². The molecule has 9 nitrogen and oxygen atoms in total. The fourth-order valence-electron chi connectivity index (χ4n) is 4.48. The number of carbonyl (C=O) groups is 3. The molecule has 0 radical (unpaired) electrons. The number of aromatic hydroxyl groups is 1. The first-order valence-corrected chi connectivity index (χ1v) is 13.6. The molecule has 3 aromatic carbocycles. The van der Waals surface area contributed by atoms with Gasteiger partial charge in [0.25, 0.3) is 5.78 Å². The van der Waals surface area contributed by atoms with Gasteiger partial charge in [-0.3, -0.25) is 14.5 Å². The van der Waals surface area contributed by atoms with Crippen LogP contribution in [0, 0.1) is 6.92 Å². The van der Waals surface area contributed by atoms with Crippen LogP contribution in [0.25, 0.3) is 5.76 Å². The largest absolute Gasteiger partial charge is 0.508 e. The van der Waals surface area contributed by atoms with Gasteiger partial charge in [-0.15, -0.1) is 0 Å². The Kier molecular flexibility index (Phi) is 7.84. The average molecular weight is 571 g/mol. The van der Waals surface area contributed by atoms with Crippen LogP contribution >= 0.6 is 11.3 Å². The van der Waals surface area contributed by atoms with Gasteiger partial charge in [-0.05, 0) is 61.4 Å². The number of ether oxygens (including phenoxy) is 2. The average Bonchev–Trinajstić information content (AvgIpc) is 3.49. The van der Waals surface area contributed by atoms with Gasteiger partial charge >= 0.3 is 11.9 Å². The molecule has 208 valence electrons. The van der Waals surface area contributed by atoms with Crippen molar-refractivity contribution in [2.45, 2.75) is 26.5 Å². The first kappa shape index (κ1) is 27.6. The Hall–Kier alpha value is -4.96. The minimum absolute atomic E-state index is 0.00789. The molecule has 1 saturated heterocycles. The molecule has 0 bridgehead atoms. The predicted octanol–water partition coefficient (Wildman–Crippen LogP) is 5.54. The normalized spacial score (nSPS) is 16.1. The highest BCUT2D eigenvalue weighted by molar-refractivity contribution is 7.17. The van der Waals surface area contributed by atoms with E-state index in [0.717, 1.165) is 21.8 Å². The first-order chi connectivity index (χ1) is 19.8. The summed E-state index contributed by atoms with van der Waals surface area (Å²) < 4.78 is 10.9. The number of ketones is 1. The van der Waals surface area contributed by atoms with Gasteiger partial charge in [0.05, 0.1) is 23.9 Å². The molecule has 1 aliphatic heterocycles. The zero-order chi connectivity index (χ0) is 29.1. The van der Waals surface area contributed by atoms with Crippen LogP contribution in [0.4, 0.5) is 5.13 Å². The number of thiazole rings is 1. The number of aliphatic hydroxyl groups is 1. The molecular formula is C31H26N2O7S. The molecule has 2 N–H and O–H groups in total. The second kappa shape index (κ2) is 11.6. The van der Waals surface area contributed by atoms with Crippen molar-refractivity contribution in [1.29, 1.82) is 0 Å². The molecule has 1 atom stereocenters. The zero-order valence-corrected chi connectivity index (χ0v) is 23.1. The Morgan fingerprint density at radius 3 is 2.34 bits per heavy atom. The molecule has 1 unspecified atom stereocenters. The number of aryl methyl sites for hydroxylation is 1. The number of rotatable bonds is 8. The third-order valence-corrected chi connectivity index (χ3v) is 7.62. The number of aromatic nitrogens is 1. The van der Waals surface area contributed by atoms with Crippen molar-refractivity contribution < 1.29 is 34.1 Å². The number of anilines is 1. The summed E-state index contributed by atoms with van der Waals surface area (Å²) in [6, 6.07) is 21.1. The summed E-state index contributed by atoms with van der Waals surface area (Å²) in [5.74, 6) is -2.22. The summed E-state index contributed by atoms with van der Waals surface area (Å²) in [7, 11) is 0. The van der Waals surface area contributed by atoms with Crippen LogP contribution in [0.3, 0.4) is 0 Å².